The predicted molar refractivity (Wildman–Crippen MR) is 67.6 cm³/mol. The van der Waals surface area contributed by atoms with Crippen molar-refractivity contribution in [3.63, 3.8) is 0 Å². The second-order valence-corrected chi connectivity index (χ2v) is 3.51. The molecular weight excluding hydrogens is 248 g/mol. The molecule has 5 N–H and O–H groups in total. The molecule has 0 spiro atoms. The van der Waals surface area contributed by atoms with Gasteiger partial charge in [0, 0.05) is 11.8 Å². The topological polar surface area (TPSA) is 128 Å². The summed E-state index contributed by atoms with van der Waals surface area (Å²) in [6.45, 7) is 0. The van der Waals surface area contributed by atoms with Crippen LogP contribution in [0.4, 0.5) is 5.69 Å². The van der Waals surface area contributed by atoms with Crippen molar-refractivity contribution in [2.24, 2.45) is 5.73 Å². The smallest absolute Gasteiger partial charge is 0.267 e. The molecule has 0 aliphatic heterocycles. The van der Waals surface area contributed by atoms with Crippen LogP contribution in [0.15, 0.2) is 30.3 Å². The van der Waals surface area contributed by atoms with Gasteiger partial charge in [0.2, 0.25) is 0 Å². The first kappa shape index (κ1) is 14.2. The zero-order valence-electron chi connectivity index (χ0n) is 9.83. The molecule has 1 atom stereocenters. The highest BCUT2D eigenvalue weighted by molar-refractivity contribution is 5.92. The summed E-state index contributed by atoms with van der Waals surface area (Å²) in [5.41, 5.74) is 7.53. The maximum absolute atomic E-state index is 11.0. The van der Waals surface area contributed by atoms with Crippen molar-refractivity contribution in [2.75, 3.05) is 5.32 Å². The van der Waals surface area contributed by atoms with Crippen LogP contribution in [-0.2, 0) is 9.59 Å². The number of anilines is 1. The van der Waals surface area contributed by atoms with Gasteiger partial charge >= 0.3 is 0 Å². The van der Waals surface area contributed by atoms with Gasteiger partial charge in [-0.15, -0.1) is 0 Å². The monoisotopic (exact) mass is 260 g/mol. The molecule has 0 bridgehead atoms. The highest BCUT2D eigenvalue weighted by atomic mass is 16.5. The molecule has 1 rings (SSSR count). The highest BCUT2D eigenvalue weighted by Crippen LogP contribution is 2.17. The van der Waals surface area contributed by atoms with Gasteiger partial charge in [0.1, 0.15) is 0 Å². The van der Waals surface area contributed by atoms with E-state index in [1.54, 1.807) is 30.3 Å². The lowest BCUT2D eigenvalue weighted by atomic mass is 10.1. The molecule has 19 heavy (non-hydrogen) atoms. The maximum Gasteiger partial charge on any atom is 0.267 e. The van der Waals surface area contributed by atoms with E-state index in [-0.39, 0.29) is 0 Å². The normalized spacial score (nSPS) is 11.6. The summed E-state index contributed by atoms with van der Waals surface area (Å²) in [5, 5.41) is 19.8. The number of nitrogens with two attached hydrogens (primary N) is 1. The highest BCUT2D eigenvalue weighted by Gasteiger charge is 2.14. The molecule has 0 fully saturated rings. The number of hydroxylamine groups is 1. The van der Waals surface area contributed by atoms with Crippen LogP contribution in [0.2, 0.25) is 0 Å². The maximum atomic E-state index is 11.0. The Morgan fingerprint density at radius 2 is 2.11 bits per heavy atom. The van der Waals surface area contributed by atoms with Crippen molar-refractivity contribution in [1.29, 1.82) is 5.26 Å². The van der Waals surface area contributed by atoms with Gasteiger partial charge in [-0.2, -0.15) is 5.26 Å². The van der Waals surface area contributed by atoms with E-state index in [9.17, 15) is 9.59 Å². The zero-order chi connectivity index (χ0) is 14.3. The van der Waals surface area contributed by atoms with E-state index < -0.39 is 17.9 Å². The van der Waals surface area contributed by atoms with Crippen LogP contribution < -0.4 is 16.5 Å². The van der Waals surface area contributed by atoms with Crippen LogP contribution in [0.3, 0.4) is 0 Å². The lowest BCUT2D eigenvalue weighted by Crippen LogP contribution is -2.34. The lowest BCUT2D eigenvalue weighted by Gasteiger charge is -2.11. The molecule has 0 aliphatic carbocycles. The second kappa shape index (κ2) is 6.78. The first-order chi connectivity index (χ1) is 9.08. The van der Waals surface area contributed by atoms with E-state index in [1.807, 2.05) is 0 Å². The third kappa shape index (κ3) is 4.14. The van der Waals surface area contributed by atoms with Crippen molar-refractivity contribution in [3.05, 3.63) is 35.9 Å². The first-order valence-corrected chi connectivity index (χ1v) is 5.25. The minimum absolute atomic E-state index is 0.467. The third-order valence-corrected chi connectivity index (χ3v) is 2.20. The van der Waals surface area contributed by atoms with Crippen LogP contribution >= 0.6 is 0 Å². The average Bonchev–Trinajstić information content (AvgIpc) is 2.42. The van der Waals surface area contributed by atoms with E-state index in [1.165, 1.54) is 11.6 Å². The number of carbonyl (C=O) groups excluding carboxylic acids is 2. The Labute approximate surface area is 109 Å². The van der Waals surface area contributed by atoms with E-state index in [4.69, 9.17) is 16.2 Å². The van der Waals surface area contributed by atoms with Gasteiger partial charge in [-0.25, -0.2) is 5.48 Å². The minimum Gasteiger partial charge on any atom is -0.367 e. The molecule has 7 nitrogen and oxygen atoms in total. The van der Waals surface area contributed by atoms with Gasteiger partial charge < -0.3 is 11.1 Å². The fourth-order valence-electron chi connectivity index (χ4n) is 1.30. The number of benzene rings is 1. The SMILES string of the molecule is N#CC(Nc1ccccc1/C=C/C(=O)NO)C(N)=O. The molecule has 7 heteroatoms. The molecule has 0 aliphatic rings. The molecule has 1 aromatic carbocycles. The van der Waals surface area contributed by atoms with E-state index in [2.05, 4.69) is 5.32 Å². The molecule has 0 saturated carbocycles. The Kier molecular flexibility index (Phi) is 5.07. The summed E-state index contributed by atoms with van der Waals surface area (Å²) in [7, 11) is 0. The van der Waals surface area contributed by atoms with Crippen LogP contribution in [0.25, 0.3) is 6.08 Å². The lowest BCUT2D eigenvalue weighted by molar-refractivity contribution is -0.124. The molecule has 0 heterocycles. The van der Waals surface area contributed by atoms with Gasteiger partial charge in [-0.3, -0.25) is 14.8 Å². The molecular formula is C12H12N4O3. The Morgan fingerprint density at radius 1 is 1.42 bits per heavy atom. The Morgan fingerprint density at radius 3 is 2.68 bits per heavy atom. The number of primary amides is 1. The van der Waals surface area contributed by atoms with Gasteiger partial charge in [0.15, 0.2) is 6.04 Å². The average molecular weight is 260 g/mol. The van der Waals surface area contributed by atoms with E-state index in [0.29, 0.717) is 11.3 Å². The van der Waals surface area contributed by atoms with Crippen LogP contribution in [0.5, 0.6) is 0 Å². The van der Waals surface area contributed by atoms with Crippen molar-refractivity contribution < 1.29 is 14.8 Å². The molecule has 1 unspecified atom stereocenters. The Hall–Kier alpha value is -2.85. The number of nitrogens with one attached hydrogen (secondary N) is 2. The largest absolute Gasteiger partial charge is 0.367 e. The number of hydrogen-bond acceptors (Lipinski definition) is 5. The van der Waals surface area contributed by atoms with Crippen molar-refractivity contribution >= 4 is 23.6 Å². The summed E-state index contributed by atoms with van der Waals surface area (Å²) >= 11 is 0. The summed E-state index contributed by atoms with van der Waals surface area (Å²) in [6, 6.07) is 7.26. The number of hydrogen-bond donors (Lipinski definition) is 4. The Bertz CT molecular complexity index is 548. The van der Waals surface area contributed by atoms with Crippen molar-refractivity contribution in [2.45, 2.75) is 6.04 Å². The van der Waals surface area contributed by atoms with Crippen LogP contribution in [0.1, 0.15) is 5.56 Å². The molecule has 98 valence electrons. The van der Waals surface area contributed by atoms with Crippen molar-refractivity contribution in [1.82, 2.24) is 5.48 Å². The van der Waals surface area contributed by atoms with Gasteiger partial charge in [0.25, 0.3) is 11.8 Å². The number of para-hydroxylation sites is 1. The second-order valence-electron chi connectivity index (χ2n) is 3.51. The van der Waals surface area contributed by atoms with Gasteiger partial charge in [-0.05, 0) is 17.7 Å². The zero-order valence-corrected chi connectivity index (χ0v) is 9.83. The summed E-state index contributed by atoms with van der Waals surface area (Å²) in [5.74, 6) is -1.49. The number of nitriles is 1. The predicted octanol–water partition coefficient (Wildman–Crippen LogP) is -0.00542. The number of amides is 2. The Balaban J connectivity index is 2.96. The fraction of sp³-hybridized carbons (Fsp3) is 0.0833. The summed E-state index contributed by atoms with van der Waals surface area (Å²) in [4.78, 5) is 21.9. The quantitative estimate of drug-likeness (QED) is 0.336. The summed E-state index contributed by atoms with van der Waals surface area (Å²) in [6.07, 6.45) is 2.52. The first-order valence-electron chi connectivity index (χ1n) is 5.25. The van der Waals surface area contributed by atoms with Gasteiger partial charge in [-0.1, -0.05) is 18.2 Å². The van der Waals surface area contributed by atoms with E-state index in [0.717, 1.165) is 6.08 Å². The van der Waals surface area contributed by atoms with Gasteiger partial charge in [0.05, 0.1) is 6.07 Å². The van der Waals surface area contributed by atoms with Crippen LogP contribution in [-0.4, -0.2) is 23.1 Å². The van der Waals surface area contributed by atoms with E-state index >= 15 is 0 Å². The third-order valence-electron chi connectivity index (χ3n) is 2.20. The minimum atomic E-state index is -1.17. The summed E-state index contributed by atoms with van der Waals surface area (Å²) < 4.78 is 0. The molecule has 1 aromatic rings. The van der Waals surface area contributed by atoms with Crippen molar-refractivity contribution in [3.8, 4) is 6.07 Å². The standard InChI is InChI=1S/C12H12N4O3/c13-7-10(12(14)18)15-9-4-2-1-3-8(9)5-6-11(17)16-19/h1-6,10,15,19H,(H2,14,18)(H,16,17)/b6-5+. The fourth-order valence-corrected chi connectivity index (χ4v) is 1.30. The number of carbonyl (C=O) groups is 2. The van der Waals surface area contributed by atoms with Crippen LogP contribution in [0, 0.1) is 11.3 Å². The number of nitrogens with zero attached hydrogens (tertiary/aromatic N) is 1. The molecule has 0 radical (unpaired) electrons. The molecule has 0 saturated heterocycles. The molecule has 2 amide bonds. The molecule has 0 aromatic heterocycles. The number of rotatable bonds is 5.